The molecule has 0 aliphatic rings. The van der Waals surface area contributed by atoms with E-state index < -0.39 is 18.1 Å². The molecule has 8 heteroatoms. The number of rotatable bonds is 4. The lowest BCUT2D eigenvalue weighted by Crippen LogP contribution is -2.28. The molecule has 1 N–H and O–H groups in total. The summed E-state index contributed by atoms with van der Waals surface area (Å²) in [4.78, 5) is 29.3. The Kier molecular flexibility index (Phi) is 3.76. The SMILES string of the molecule is CC(C)c1nc2c(N(C)C)nn(CC(=O)O)c(=O)c2s1. The van der Waals surface area contributed by atoms with Gasteiger partial charge in [0, 0.05) is 20.0 Å². The van der Waals surface area contributed by atoms with Crippen LogP contribution in [0.5, 0.6) is 0 Å². The van der Waals surface area contributed by atoms with Crippen molar-refractivity contribution in [1.82, 2.24) is 14.8 Å². The number of fused-ring (bicyclic) bond motifs is 1. The number of nitrogens with zero attached hydrogens (tertiary/aromatic N) is 4. The Bertz CT molecular complexity index is 717. The molecular formula is C12H16N4O3S. The van der Waals surface area contributed by atoms with Crippen LogP contribution in [0.4, 0.5) is 5.82 Å². The Labute approximate surface area is 119 Å². The van der Waals surface area contributed by atoms with Crippen molar-refractivity contribution in [2.75, 3.05) is 19.0 Å². The summed E-state index contributed by atoms with van der Waals surface area (Å²) < 4.78 is 1.43. The molecule has 2 aromatic rings. The molecular weight excluding hydrogens is 280 g/mol. The highest BCUT2D eigenvalue weighted by Crippen LogP contribution is 2.29. The largest absolute Gasteiger partial charge is 0.480 e. The number of carbonyl (C=O) groups is 1. The van der Waals surface area contributed by atoms with Crippen molar-refractivity contribution in [3.8, 4) is 0 Å². The van der Waals surface area contributed by atoms with E-state index in [0.29, 0.717) is 16.0 Å². The zero-order valence-electron chi connectivity index (χ0n) is 11.7. The van der Waals surface area contributed by atoms with E-state index in [-0.39, 0.29) is 5.92 Å². The molecule has 108 valence electrons. The molecule has 0 amide bonds. The minimum Gasteiger partial charge on any atom is -0.480 e. The first kappa shape index (κ1) is 14.4. The first-order valence-corrected chi connectivity index (χ1v) is 6.93. The number of hydrogen-bond acceptors (Lipinski definition) is 6. The smallest absolute Gasteiger partial charge is 0.325 e. The second-order valence-corrected chi connectivity index (χ2v) is 5.99. The van der Waals surface area contributed by atoms with Gasteiger partial charge in [-0.05, 0) is 0 Å². The van der Waals surface area contributed by atoms with Crippen molar-refractivity contribution in [3.05, 3.63) is 15.4 Å². The highest BCUT2D eigenvalue weighted by Gasteiger charge is 2.19. The highest BCUT2D eigenvalue weighted by molar-refractivity contribution is 7.18. The summed E-state index contributed by atoms with van der Waals surface area (Å²) in [5.74, 6) is -0.393. The highest BCUT2D eigenvalue weighted by atomic mass is 32.1. The lowest BCUT2D eigenvalue weighted by molar-refractivity contribution is -0.137. The van der Waals surface area contributed by atoms with Gasteiger partial charge in [-0.3, -0.25) is 9.59 Å². The van der Waals surface area contributed by atoms with Crippen molar-refractivity contribution in [1.29, 1.82) is 0 Å². The first-order valence-electron chi connectivity index (χ1n) is 6.12. The number of carboxylic acid groups (broad SMARTS) is 1. The number of aliphatic carboxylic acids is 1. The maximum atomic E-state index is 12.3. The summed E-state index contributed by atoms with van der Waals surface area (Å²) in [7, 11) is 3.57. The van der Waals surface area contributed by atoms with Gasteiger partial charge >= 0.3 is 5.97 Å². The van der Waals surface area contributed by atoms with Crippen LogP contribution in [0.25, 0.3) is 10.2 Å². The van der Waals surface area contributed by atoms with Crippen LogP contribution in [0.2, 0.25) is 0 Å². The third kappa shape index (κ3) is 2.51. The molecule has 0 fully saturated rings. The molecule has 0 atom stereocenters. The van der Waals surface area contributed by atoms with Gasteiger partial charge < -0.3 is 10.0 Å². The molecule has 2 heterocycles. The molecule has 0 radical (unpaired) electrons. The standard InChI is InChI=1S/C12H16N4O3S/c1-6(2)11-13-8-9(20-11)12(19)16(5-7(17)18)14-10(8)15(3)4/h6H,5H2,1-4H3,(H,17,18). The topological polar surface area (TPSA) is 88.3 Å². The average molecular weight is 296 g/mol. The third-order valence-electron chi connectivity index (χ3n) is 2.70. The van der Waals surface area contributed by atoms with E-state index in [1.165, 1.54) is 11.3 Å². The van der Waals surface area contributed by atoms with Crippen LogP contribution in [0.15, 0.2) is 4.79 Å². The fourth-order valence-electron chi connectivity index (χ4n) is 1.74. The van der Waals surface area contributed by atoms with E-state index >= 15 is 0 Å². The lowest BCUT2D eigenvalue weighted by atomic mass is 10.2. The lowest BCUT2D eigenvalue weighted by Gasteiger charge is -2.13. The quantitative estimate of drug-likeness (QED) is 0.909. The number of aromatic nitrogens is 3. The van der Waals surface area contributed by atoms with Gasteiger partial charge in [0.05, 0.1) is 5.01 Å². The fourth-order valence-corrected chi connectivity index (χ4v) is 2.75. The molecule has 20 heavy (non-hydrogen) atoms. The molecule has 2 aromatic heterocycles. The third-order valence-corrected chi connectivity index (χ3v) is 4.05. The van der Waals surface area contributed by atoms with Crippen molar-refractivity contribution in [2.24, 2.45) is 0 Å². The van der Waals surface area contributed by atoms with Gasteiger partial charge in [0.15, 0.2) is 5.82 Å². The summed E-state index contributed by atoms with van der Waals surface area (Å²) in [6.07, 6.45) is 0. The minimum atomic E-state index is -1.10. The van der Waals surface area contributed by atoms with Gasteiger partial charge in [0.2, 0.25) is 0 Å². The Morgan fingerprint density at radius 2 is 2.10 bits per heavy atom. The van der Waals surface area contributed by atoms with E-state index in [2.05, 4.69) is 10.1 Å². The van der Waals surface area contributed by atoms with Gasteiger partial charge in [-0.2, -0.15) is 0 Å². The Balaban J connectivity index is 2.77. The second-order valence-electron chi connectivity index (χ2n) is 4.96. The van der Waals surface area contributed by atoms with Gasteiger partial charge in [-0.15, -0.1) is 16.4 Å². The molecule has 0 unspecified atom stereocenters. The second kappa shape index (κ2) is 5.20. The average Bonchev–Trinajstić information content (AvgIpc) is 2.77. The van der Waals surface area contributed by atoms with Crippen molar-refractivity contribution >= 4 is 33.3 Å². The molecule has 0 bridgehead atoms. The van der Waals surface area contributed by atoms with Crippen LogP contribution >= 0.6 is 11.3 Å². The maximum absolute atomic E-state index is 12.3. The van der Waals surface area contributed by atoms with E-state index in [0.717, 1.165) is 9.69 Å². The minimum absolute atomic E-state index is 0.203. The molecule has 0 aromatic carbocycles. The molecule has 0 saturated heterocycles. The van der Waals surface area contributed by atoms with Crippen LogP contribution in [0.1, 0.15) is 24.8 Å². The summed E-state index contributed by atoms with van der Waals surface area (Å²) in [6.45, 7) is 3.54. The predicted octanol–water partition coefficient (Wildman–Crippen LogP) is 1.13. The van der Waals surface area contributed by atoms with Crippen LogP contribution < -0.4 is 10.5 Å². The molecule has 0 saturated carbocycles. The zero-order chi connectivity index (χ0) is 15.0. The van der Waals surface area contributed by atoms with Crippen molar-refractivity contribution in [3.63, 3.8) is 0 Å². The summed E-state index contributed by atoms with van der Waals surface area (Å²) in [5.41, 5.74) is 0.132. The molecule has 0 aliphatic heterocycles. The van der Waals surface area contributed by atoms with E-state index in [1.807, 2.05) is 13.8 Å². The molecule has 7 nitrogen and oxygen atoms in total. The maximum Gasteiger partial charge on any atom is 0.325 e. The Morgan fingerprint density at radius 3 is 2.60 bits per heavy atom. The molecule has 2 rings (SSSR count). The molecule has 0 spiro atoms. The Hall–Kier alpha value is -1.96. The van der Waals surface area contributed by atoms with E-state index in [1.54, 1.807) is 19.0 Å². The fraction of sp³-hybridized carbons (Fsp3) is 0.500. The van der Waals surface area contributed by atoms with Crippen LogP contribution in [-0.2, 0) is 11.3 Å². The van der Waals surface area contributed by atoms with Crippen LogP contribution in [0, 0.1) is 0 Å². The summed E-state index contributed by atoms with van der Waals surface area (Å²) in [6, 6.07) is 0. The monoisotopic (exact) mass is 296 g/mol. The van der Waals surface area contributed by atoms with Gasteiger partial charge in [-0.25, -0.2) is 9.67 Å². The predicted molar refractivity (Wildman–Crippen MR) is 77.7 cm³/mol. The number of anilines is 1. The number of carboxylic acids is 1. The number of hydrogen-bond donors (Lipinski definition) is 1. The van der Waals surface area contributed by atoms with Crippen molar-refractivity contribution in [2.45, 2.75) is 26.3 Å². The zero-order valence-corrected chi connectivity index (χ0v) is 12.6. The summed E-state index contributed by atoms with van der Waals surface area (Å²) >= 11 is 1.30. The number of thiazole rings is 1. The first-order chi connectivity index (χ1) is 9.31. The van der Waals surface area contributed by atoms with Crippen LogP contribution in [0.3, 0.4) is 0 Å². The normalized spacial score (nSPS) is 11.2. The van der Waals surface area contributed by atoms with Gasteiger partial charge in [0.1, 0.15) is 16.8 Å². The van der Waals surface area contributed by atoms with E-state index in [4.69, 9.17) is 5.11 Å². The van der Waals surface area contributed by atoms with Crippen LogP contribution in [-0.4, -0.2) is 39.9 Å². The van der Waals surface area contributed by atoms with E-state index in [9.17, 15) is 9.59 Å². The Morgan fingerprint density at radius 1 is 1.45 bits per heavy atom. The van der Waals surface area contributed by atoms with Gasteiger partial charge in [-0.1, -0.05) is 13.8 Å². The van der Waals surface area contributed by atoms with Gasteiger partial charge in [0.25, 0.3) is 5.56 Å². The molecule has 0 aliphatic carbocycles. The van der Waals surface area contributed by atoms with Crippen molar-refractivity contribution < 1.29 is 9.90 Å². The summed E-state index contributed by atoms with van der Waals surface area (Å²) in [5, 5.41) is 13.8.